The average molecular weight is 567 g/mol. The van der Waals surface area contributed by atoms with E-state index >= 15 is 0 Å². The summed E-state index contributed by atoms with van der Waals surface area (Å²) in [4.78, 5) is 49.0. The number of carbonyl (C=O) groups is 3. The Bertz CT molecular complexity index is 1620. The molecule has 214 valence electrons. The van der Waals surface area contributed by atoms with Gasteiger partial charge >= 0.3 is 0 Å². The number of carbonyl (C=O) groups excluding carboxylic acids is 3. The molecule has 0 spiro atoms. The molecule has 1 atom stereocenters. The number of benzene rings is 2. The first-order valence-corrected chi connectivity index (χ1v) is 14.1. The molecule has 3 aromatic rings. The van der Waals surface area contributed by atoms with Gasteiger partial charge in [0.05, 0.1) is 23.2 Å². The monoisotopic (exact) mass is 566 g/mol. The van der Waals surface area contributed by atoms with E-state index in [4.69, 9.17) is 5.26 Å². The van der Waals surface area contributed by atoms with Gasteiger partial charge in [-0.15, -0.1) is 0 Å². The molecule has 0 radical (unpaired) electrons. The highest BCUT2D eigenvalue weighted by atomic mass is 19.1. The maximum absolute atomic E-state index is 14.6. The van der Waals surface area contributed by atoms with Crippen molar-refractivity contribution in [3.8, 4) is 17.2 Å². The third-order valence-corrected chi connectivity index (χ3v) is 8.28. The molecular weight excluding hydrogens is 535 g/mol. The molecule has 2 fully saturated rings. The predicted molar refractivity (Wildman–Crippen MR) is 155 cm³/mol. The van der Waals surface area contributed by atoms with Crippen molar-refractivity contribution in [2.75, 3.05) is 36.9 Å². The second kappa shape index (κ2) is 10.9. The van der Waals surface area contributed by atoms with Crippen molar-refractivity contribution in [3.63, 3.8) is 0 Å². The lowest BCUT2D eigenvalue weighted by atomic mass is 9.99. The third-order valence-electron chi connectivity index (χ3n) is 8.28. The molecule has 2 aliphatic heterocycles. The molecule has 9 nitrogen and oxygen atoms in total. The summed E-state index contributed by atoms with van der Waals surface area (Å²) in [6.07, 6.45) is 4.21. The minimum atomic E-state index is -0.827. The van der Waals surface area contributed by atoms with Crippen molar-refractivity contribution >= 4 is 29.2 Å². The number of nitrogens with one attached hydrogen (secondary N) is 1. The Balaban J connectivity index is 1.27. The van der Waals surface area contributed by atoms with Gasteiger partial charge in [-0.3, -0.25) is 14.4 Å². The van der Waals surface area contributed by atoms with Crippen LogP contribution in [0, 0.1) is 29.0 Å². The van der Waals surface area contributed by atoms with Crippen LogP contribution in [-0.4, -0.2) is 65.2 Å². The van der Waals surface area contributed by atoms with Crippen LogP contribution >= 0.6 is 0 Å². The van der Waals surface area contributed by atoms with Gasteiger partial charge in [0.25, 0.3) is 11.8 Å². The van der Waals surface area contributed by atoms with Crippen LogP contribution in [0.4, 0.5) is 15.9 Å². The molecule has 6 rings (SSSR count). The number of amides is 3. The van der Waals surface area contributed by atoms with Crippen LogP contribution in [0.25, 0.3) is 11.1 Å². The average Bonchev–Trinajstić information content (AvgIpc) is 3.81. The van der Waals surface area contributed by atoms with E-state index in [1.165, 1.54) is 33.6 Å². The smallest absolute Gasteiger partial charge is 0.256 e. The Kier molecular flexibility index (Phi) is 7.11. The zero-order valence-corrected chi connectivity index (χ0v) is 23.5. The minimum absolute atomic E-state index is 0.0555. The number of likely N-dealkylation sites (N-methyl/N-ethyl adjacent to an activating group) is 1. The molecule has 42 heavy (non-hydrogen) atoms. The number of pyridine rings is 1. The Morgan fingerprint density at radius 3 is 2.60 bits per heavy atom. The number of aromatic nitrogens is 1. The number of anilines is 2. The number of halogens is 1. The number of nitriles is 1. The first kappa shape index (κ1) is 27.4. The quantitative estimate of drug-likeness (QED) is 0.457. The number of hydrogen-bond acceptors (Lipinski definition) is 6. The van der Waals surface area contributed by atoms with Crippen LogP contribution in [-0.2, 0) is 11.3 Å². The van der Waals surface area contributed by atoms with E-state index in [2.05, 4.69) is 16.4 Å². The summed E-state index contributed by atoms with van der Waals surface area (Å²) in [5.74, 6) is -0.354. The van der Waals surface area contributed by atoms with Gasteiger partial charge in [-0.1, -0.05) is 6.07 Å². The van der Waals surface area contributed by atoms with Crippen molar-refractivity contribution in [2.24, 2.45) is 11.8 Å². The van der Waals surface area contributed by atoms with Gasteiger partial charge in [-0.2, -0.15) is 5.26 Å². The summed E-state index contributed by atoms with van der Waals surface area (Å²) in [5, 5.41) is 12.4. The summed E-state index contributed by atoms with van der Waals surface area (Å²) in [7, 11) is 1.65. The number of rotatable bonds is 7. The van der Waals surface area contributed by atoms with Crippen LogP contribution < -0.4 is 10.2 Å². The molecule has 1 saturated heterocycles. The molecule has 0 unspecified atom stereocenters. The summed E-state index contributed by atoms with van der Waals surface area (Å²) in [6.45, 7) is 3.10. The zero-order chi connectivity index (χ0) is 29.5. The van der Waals surface area contributed by atoms with Gasteiger partial charge in [-0.05, 0) is 84.8 Å². The molecule has 3 heterocycles. The van der Waals surface area contributed by atoms with E-state index in [1.54, 1.807) is 32.3 Å². The molecule has 0 bridgehead atoms. The fraction of sp³-hybridized carbons (Fsp3) is 0.344. The molecule has 1 aromatic heterocycles. The third kappa shape index (κ3) is 5.30. The first-order valence-electron chi connectivity index (χ1n) is 14.1. The van der Waals surface area contributed by atoms with Crippen molar-refractivity contribution in [1.29, 1.82) is 5.26 Å². The summed E-state index contributed by atoms with van der Waals surface area (Å²) in [6, 6.07) is 14.5. The largest absolute Gasteiger partial charge is 0.370 e. The van der Waals surface area contributed by atoms with Crippen molar-refractivity contribution in [1.82, 2.24) is 14.8 Å². The highest BCUT2D eigenvalue weighted by molar-refractivity contribution is 6.11. The highest BCUT2D eigenvalue weighted by Crippen LogP contribution is 2.34. The Morgan fingerprint density at radius 2 is 1.86 bits per heavy atom. The lowest BCUT2D eigenvalue weighted by Gasteiger charge is -2.35. The number of nitrogens with zero attached hydrogens (tertiary/aromatic N) is 5. The van der Waals surface area contributed by atoms with Crippen LogP contribution in [0.1, 0.15) is 46.0 Å². The molecule has 3 aliphatic rings. The van der Waals surface area contributed by atoms with Gasteiger partial charge < -0.3 is 20.0 Å². The maximum atomic E-state index is 14.6. The number of fused-ring (bicyclic) bond motifs is 1. The Morgan fingerprint density at radius 1 is 1.10 bits per heavy atom. The van der Waals surface area contributed by atoms with Crippen molar-refractivity contribution in [3.05, 3.63) is 77.2 Å². The Hall–Kier alpha value is -4.78. The van der Waals surface area contributed by atoms with E-state index in [1.807, 2.05) is 24.3 Å². The molecule has 3 amide bonds. The van der Waals surface area contributed by atoms with Gasteiger partial charge in [0.15, 0.2) is 0 Å². The minimum Gasteiger partial charge on any atom is -0.370 e. The standard InChI is InChI=1S/C32H31FN6O3/c1-19-30(40)37(2)28-12-23(24-7-8-35-29(13-24)36-15-20-3-4-20)5-6-27(28)32(42)39(19)18-21-9-25(11-26(33)10-21)31(41)38-16-22(14-34)17-38/h5-13,19-20,22H,3-4,15-18H2,1-2H3,(H,35,36)/t19-/m1/s1. The topological polar surface area (TPSA) is 110 Å². The van der Waals surface area contributed by atoms with Crippen LogP contribution in [0.2, 0.25) is 0 Å². The van der Waals surface area contributed by atoms with Gasteiger partial charge in [0.1, 0.15) is 17.7 Å². The fourth-order valence-corrected chi connectivity index (χ4v) is 5.49. The second-order valence-electron chi connectivity index (χ2n) is 11.4. The highest BCUT2D eigenvalue weighted by Gasteiger charge is 2.36. The van der Waals surface area contributed by atoms with E-state index < -0.39 is 11.9 Å². The van der Waals surface area contributed by atoms with Crippen molar-refractivity contribution < 1.29 is 18.8 Å². The van der Waals surface area contributed by atoms with Gasteiger partial charge in [0, 0.05) is 45.0 Å². The van der Waals surface area contributed by atoms with Gasteiger partial charge in [-0.25, -0.2) is 9.37 Å². The molecule has 1 aliphatic carbocycles. The lowest BCUT2D eigenvalue weighted by molar-refractivity contribution is -0.122. The van der Waals surface area contributed by atoms with Crippen LogP contribution in [0.15, 0.2) is 54.7 Å². The van der Waals surface area contributed by atoms with E-state index in [0.29, 0.717) is 35.8 Å². The molecule has 1 N–H and O–H groups in total. The maximum Gasteiger partial charge on any atom is 0.256 e. The normalized spacial score (nSPS) is 18.7. The lowest BCUT2D eigenvalue weighted by Crippen LogP contribution is -2.49. The van der Waals surface area contributed by atoms with E-state index in [0.717, 1.165) is 29.6 Å². The first-order chi connectivity index (χ1) is 20.2. The Labute approximate surface area is 243 Å². The zero-order valence-electron chi connectivity index (χ0n) is 23.5. The van der Waals surface area contributed by atoms with E-state index in [9.17, 15) is 18.8 Å². The summed E-state index contributed by atoms with van der Waals surface area (Å²) in [5.41, 5.74) is 3.14. The molecule has 10 heteroatoms. The fourth-order valence-electron chi connectivity index (χ4n) is 5.49. The molecular formula is C32H31FN6O3. The second-order valence-corrected chi connectivity index (χ2v) is 11.4. The predicted octanol–water partition coefficient (Wildman–Crippen LogP) is 4.31. The summed E-state index contributed by atoms with van der Waals surface area (Å²) < 4.78 is 14.6. The summed E-state index contributed by atoms with van der Waals surface area (Å²) >= 11 is 0. The molecule has 2 aromatic carbocycles. The van der Waals surface area contributed by atoms with Crippen LogP contribution in [0.3, 0.4) is 0 Å². The van der Waals surface area contributed by atoms with Crippen molar-refractivity contribution in [2.45, 2.75) is 32.4 Å². The number of hydrogen-bond donors (Lipinski definition) is 1. The SMILES string of the molecule is C[C@@H]1C(=O)N(C)c2cc(-c3ccnc(NCC4CC4)c3)ccc2C(=O)N1Cc1cc(F)cc(C(=O)N2CC(C#N)C2)c1. The van der Waals surface area contributed by atoms with E-state index in [-0.39, 0.29) is 35.7 Å². The molecule has 1 saturated carbocycles. The van der Waals surface area contributed by atoms with Gasteiger partial charge in [0.2, 0.25) is 5.91 Å². The van der Waals surface area contributed by atoms with Crippen LogP contribution in [0.5, 0.6) is 0 Å². The number of likely N-dealkylation sites (tertiary alicyclic amines) is 1.